The zero-order valence-electron chi connectivity index (χ0n) is 20.6. The third-order valence-electron chi connectivity index (χ3n) is 6.25. The lowest BCUT2D eigenvalue weighted by Gasteiger charge is -2.43. The summed E-state index contributed by atoms with van der Waals surface area (Å²) in [6.45, 7) is 4.60. The number of carbonyl (C=O) groups is 3. The quantitative estimate of drug-likeness (QED) is 0.602. The van der Waals surface area contributed by atoms with E-state index in [0.717, 1.165) is 5.01 Å². The number of hydrogen-bond donors (Lipinski definition) is 1. The number of benzene rings is 2. The molecule has 2 unspecified atom stereocenters. The lowest BCUT2D eigenvalue weighted by Crippen LogP contribution is -2.59. The van der Waals surface area contributed by atoms with Crippen LogP contribution in [0.2, 0.25) is 0 Å². The second kappa shape index (κ2) is 10.1. The molecule has 10 heteroatoms. The maximum atomic E-state index is 14.2. The van der Waals surface area contributed by atoms with Crippen molar-refractivity contribution in [1.29, 1.82) is 10.7 Å². The van der Waals surface area contributed by atoms with Crippen LogP contribution in [0.5, 0.6) is 0 Å². The molecule has 2 aromatic carbocycles. The first-order valence-electron chi connectivity index (χ1n) is 11.7. The first-order valence-corrected chi connectivity index (χ1v) is 11.7. The van der Waals surface area contributed by atoms with Crippen LogP contribution in [0.3, 0.4) is 0 Å². The van der Waals surface area contributed by atoms with E-state index in [4.69, 9.17) is 14.9 Å². The molecule has 2 aliphatic rings. The number of para-hydroxylation sites is 2. The second-order valence-corrected chi connectivity index (χ2v) is 8.23. The van der Waals surface area contributed by atoms with Crippen LogP contribution in [0.1, 0.15) is 20.8 Å². The van der Waals surface area contributed by atoms with Crippen molar-refractivity contribution in [2.45, 2.75) is 20.8 Å². The summed E-state index contributed by atoms with van der Waals surface area (Å²) in [6.07, 6.45) is 0. The van der Waals surface area contributed by atoms with E-state index in [1.807, 2.05) is 6.07 Å². The van der Waals surface area contributed by atoms with E-state index >= 15 is 0 Å². The molecule has 0 fully saturated rings. The third kappa shape index (κ3) is 3.85. The Bertz CT molecular complexity index is 1360. The van der Waals surface area contributed by atoms with Crippen LogP contribution in [0.4, 0.5) is 11.4 Å². The molecule has 0 bridgehead atoms. The number of nitrogens with zero attached hydrogens (tertiary/aromatic N) is 4. The maximum Gasteiger partial charge on any atom is 0.355 e. The van der Waals surface area contributed by atoms with Gasteiger partial charge in [-0.2, -0.15) is 15.4 Å². The minimum absolute atomic E-state index is 0.0275. The average Bonchev–Trinajstić information content (AvgIpc) is 3.15. The highest BCUT2D eigenvalue weighted by molar-refractivity contribution is 6.31. The van der Waals surface area contributed by atoms with Gasteiger partial charge in [-0.05, 0) is 45.0 Å². The molecule has 1 amide bonds. The van der Waals surface area contributed by atoms with Gasteiger partial charge in [-0.15, -0.1) is 0 Å². The van der Waals surface area contributed by atoms with Gasteiger partial charge in [-0.3, -0.25) is 15.1 Å². The Kier molecular flexibility index (Phi) is 6.89. The van der Waals surface area contributed by atoms with Crippen molar-refractivity contribution in [1.82, 2.24) is 0 Å². The van der Waals surface area contributed by atoms with Gasteiger partial charge in [0.1, 0.15) is 22.9 Å². The minimum Gasteiger partial charge on any atom is -0.463 e. The summed E-state index contributed by atoms with van der Waals surface area (Å²) in [4.78, 5) is 42.5. The molecular weight excluding hydrogens is 474 g/mol. The number of nitriles is 1. The first kappa shape index (κ1) is 25.3. The largest absolute Gasteiger partial charge is 0.463 e. The number of esters is 2. The smallest absolute Gasteiger partial charge is 0.355 e. The van der Waals surface area contributed by atoms with E-state index < -0.39 is 29.2 Å². The van der Waals surface area contributed by atoms with Gasteiger partial charge < -0.3 is 9.47 Å². The van der Waals surface area contributed by atoms with E-state index in [9.17, 15) is 19.6 Å². The molecule has 0 aromatic heterocycles. The summed E-state index contributed by atoms with van der Waals surface area (Å²) in [6, 6.07) is 18.9. The van der Waals surface area contributed by atoms with Gasteiger partial charge in [0.25, 0.3) is 5.91 Å². The highest BCUT2D eigenvalue weighted by atomic mass is 16.5. The lowest BCUT2D eigenvalue weighted by atomic mass is 9.63. The number of ether oxygens (including phenoxy) is 2. The van der Waals surface area contributed by atoms with Gasteiger partial charge in [0.05, 0.1) is 36.3 Å². The standard InChI is InChI=1S/C27H25N5O5/c1-4-36-24(33)21-22(25(34)37-5-2)31(18-12-8-6-9-13-18)23(29)20(16-28)27(21)17(3)30-32(26(27)35)19-14-10-7-11-15-19/h6-15,20,29H,4-5H2,1-3H3. The number of hydrogen-bond acceptors (Lipinski definition) is 8. The molecule has 4 rings (SSSR count). The molecule has 0 saturated carbocycles. The fraction of sp³-hybridized carbons (Fsp3) is 0.259. The third-order valence-corrected chi connectivity index (χ3v) is 6.25. The van der Waals surface area contributed by atoms with E-state index in [0.29, 0.717) is 11.4 Å². The Labute approximate surface area is 213 Å². The molecule has 188 valence electrons. The van der Waals surface area contributed by atoms with Crippen molar-refractivity contribution in [3.63, 3.8) is 0 Å². The van der Waals surface area contributed by atoms with Crippen LogP contribution < -0.4 is 9.91 Å². The fourth-order valence-corrected chi connectivity index (χ4v) is 4.71. The van der Waals surface area contributed by atoms with Crippen molar-refractivity contribution in [3.05, 3.63) is 71.9 Å². The topological polar surface area (TPSA) is 136 Å². The van der Waals surface area contributed by atoms with Gasteiger partial charge >= 0.3 is 11.9 Å². The Hall–Kier alpha value is -4.78. The van der Waals surface area contributed by atoms with Crippen LogP contribution in [-0.4, -0.2) is 42.6 Å². The summed E-state index contributed by atoms with van der Waals surface area (Å²) in [5, 5.41) is 24.9. The predicted octanol–water partition coefficient (Wildman–Crippen LogP) is 3.41. The van der Waals surface area contributed by atoms with Crippen LogP contribution in [-0.2, 0) is 23.9 Å². The summed E-state index contributed by atoms with van der Waals surface area (Å²) in [5.41, 5.74) is -2.01. The number of anilines is 2. The van der Waals surface area contributed by atoms with Gasteiger partial charge in [-0.25, -0.2) is 9.59 Å². The molecule has 1 N–H and O–H groups in total. The van der Waals surface area contributed by atoms with Crippen LogP contribution in [0.15, 0.2) is 77.0 Å². The van der Waals surface area contributed by atoms with Crippen LogP contribution in [0.25, 0.3) is 0 Å². The van der Waals surface area contributed by atoms with Crippen molar-refractivity contribution < 1.29 is 23.9 Å². The number of amides is 1. The lowest BCUT2D eigenvalue weighted by molar-refractivity contribution is -0.144. The summed E-state index contributed by atoms with van der Waals surface area (Å²) in [7, 11) is 0. The first-order chi connectivity index (χ1) is 17.8. The molecule has 10 nitrogen and oxygen atoms in total. The minimum atomic E-state index is -2.08. The van der Waals surface area contributed by atoms with Crippen molar-refractivity contribution in [2.75, 3.05) is 23.1 Å². The fourth-order valence-electron chi connectivity index (χ4n) is 4.71. The van der Waals surface area contributed by atoms with Crippen molar-refractivity contribution >= 4 is 40.8 Å². The number of hydrazone groups is 1. The van der Waals surface area contributed by atoms with Gasteiger partial charge in [0.15, 0.2) is 0 Å². The van der Waals surface area contributed by atoms with Gasteiger partial charge in [-0.1, -0.05) is 36.4 Å². The molecule has 0 radical (unpaired) electrons. The zero-order valence-corrected chi connectivity index (χ0v) is 20.6. The molecule has 2 aromatic rings. The molecule has 2 aliphatic heterocycles. The summed E-state index contributed by atoms with van der Waals surface area (Å²) >= 11 is 0. The normalized spacial score (nSPS) is 21.1. The summed E-state index contributed by atoms with van der Waals surface area (Å²) < 4.78 is 10.6. The van der Waals surface area contributed by atoms with Gasteiger partial charge in [0.2, 0.25) is 0 Å². The molecule has 1 spiro atoms. The molecular formula is C27H25N5O5. The van der Waals surface area contributed by atoms with E-state index in [1.165, 1.54) is 11.8 Å². The van der Waals surface area contributed by atoms with E-state index in [2.05, 4.69) is 5.10 Å². The zero-order chi connectivity index (χ0) is 26.7. The number of nitrogens with one attached hydrogen (secondary N) is 1. The second-order valence-electron chi connectivity index (χ2n) is 8.23. The molecule has 0 aliphatic carbocycles. The monoisotopic (exact) mass is 499 g/mol. The SMILES string of the molecule is CCOC(=O)C1=C(C(=O)OCC)C2(C(=O)N(c3ccccc3)N=C2C)C(C#N)C(=N)N1c1ccccc1. The number of rotatable bonds is 6. The Morgan fingerprint density at radius 1 is 1.00 bits per heavy atom. The number of carbonyl (C=O) groups excluding carboxylic acids is 3. The highest BCUT2D eigenvalue weighted by Crippen LogP contribution is 2.51. The molecule has 37 heavy (non-hydrogen) atoms. The van der Waals surface area contributed by atoms with E-state index in [1.54, 1.807) is 74.5 Å². The average molecular weight is 500 g/mol. The maximum absolute atomic E-state index is 14.2. The molecule has 2 atom stereocenters. The Balaban J connectivity index is 2.10. The van der Waals surface area contributed by atoms with Gasteiger partial charge in [0, 0.05) is 5.69 Å². The van der Waals surface area contributed by atoms with Crippen molar-refractivity contribution in [2.24, 2.45) is 16.4 Å². The van der Waals surface area contributed by atoms with Crippen LogP contribution in [0, 0.1) is 28.1 Å². The summed E-state index contributed by atoms with van der Waals surface area (Å²) in [5.74, 6) is -4.53. The molecule has 0 saturated heterocycles. The number of amidine groups is 1. The van der Waals surface area contributed by atoms with Crippen molar-refractivity contribution in [3.8, 4) is 6.07 Å². The Morgan fingerprint density at radius 2 is 1.54 bits per heavy atom. The van der Waals surface area contributed by atoms with E-state index in [-0.39, 0.29) is 36.0 Å². The van der Waals surface area contributed by atoms with Crippen LogP contribution >= 0.6 is 0 Å². The highest BCUT2D eigenvalue weighted by Gasteiger charge is 2.66. The predicted molar refractivity (Wildman–Crippen MR) is 136 cm³/mol. The molecule has 2 heterocycles. The Morgan fingerprint density at radius 3 is 2.08 bits per heavy atom.